The molecule has 188 valence electrons. The van der Waals surface area contributed by atoms with E-state index in [2.05, 4.69) is 39.9 Å². The number of H-pyrrole nitrogens is 1. The Bertz CT molecular complexity index is 1450. The summed E-state index contributed by atoms with van der Waals surface area (Å²) in [4.78, 5) is 28.2. The molecule has 1 aromatic carbocycles. The number of nitrogens with two attached hydrogens (primary N) is 2. The van der Waals surface area contributed by atoms with Crippen molar-refractivity contribution in [2.24, 2.45) is 17.4 Å². The van der Waals surface area contributed by atoms with Crippen LogP contribution in [0.3, 0.4) is 0 Å². The van der Waals surface area contributed by atoms with Crippen LogP contribution in [0.2, 0.25) is 5.02 Å². The molecule has 0 radical (unpaired) electrons. The molecule has 0 amide bonds. The van der Waals surface area contributed by atoms with Crippen molar-refractivity contribution < 1.29 is 0 Å². The predicted octanol–water partition coefficient (Wildman–Crippen LogP) is 3.51. The number of hydrogen-bond donors (Lipinski definition) is 3. The maximum atomic E-state index is 6.74. The summed E-state index contributed by atoms with van der Waals surface area (Å²) in [5, 5.41) is 3.29. The number of anilines is 2. The van der Waals surface area contributed by atoms with Gasteiger partial charge in [-0.25, -0.2) is 19.9 Å². The molecule has 0 aliphatic carbocycles. The highest BCUT2D eigenvalue weighted by Gasteiger charge is 2.29. The third kappa shape index (κ3) is 4.15. The van der Waals surface area contributed by atoms with Crippen LogP contribution in [0, 0.1) is 12.8 Å². The highest BCUT2D eigenvalue weighted by Crippen LogP contribution is 2.38. The first-order valence-electron chi connectivity index (χ1n) is 12.4. The van der Waals surface area contributed by atoms with Crippen molar-refractivity contribution >= 4 is 56.9 Å². The van der Waals surface area contributed by atoms with Crippen molar-refractivity contribution in [1.82, 2.24) is 24.9 Å². The van der Waals surface area contributed by atoms with Gasteiger partial charge in [-0.1, -0.05) is 18.5 Å². The number of halogens is 1. The molecule has 4 aromatic rings. The Morgan fingerprint density at radius 3 is 2.67 bits per heavy atom. The molecule has 0 spiro atoms. The van der Waals surface area contributed by atoms with E-state index in [1.54, 1.807) is 0 Å². The summed E-state index contributed by atoms with van der Waals surface area (Å²) in [7, 11) is 0. The molecule has 6 rings (SSSR count). The van der Waals surface area contributed by atoms with Crippen molar-refractivity contribution in [3.8, 4) is 0 Å². The molecule has 3 aromatic heterocycles. The molecule has 0 unspecified atom stereocenters. The van der Waals surface area contributed by atoms with E-state index in [1.807, 2.05) is 6.92 Å². The van der Waals surface area contributed by atoms with Gasteiger partial charge in [0.25, 0.3) is 0 Å². The van der Waals surface area contributed by atoms with Crippen LogP contribution in [-0.2, 0) is 6.42 Å². The Morgan fingerprint density at radius 1 is 1.11 bits per heavy atom. The summed E-state index contributed by atoms with van der Waals surface area (Å²) in [6.07, 6.45) is 1.73. The summed E-state index contributed by atoms with van der Waals surface area (Å²) >= 11 is 8.27. The van der Waals surface area contributed by atoms with Crippen molar-refractivity contribution in [2.75, 3.05) is 42.5 Å². The molecule has 2 aliphatic heterocycles. The number of fused-ring (bicyclic) bond motifs is 2. The molecule has 11 heteroatoms. The molecule has 2 saturated heterocycles. The van der Waals surface area contributed by atoms with Gasteiger partial charge >= 0.3 is 0 Å². The number of aryl methyl sites for hydroxylation is 2. The number of hydrogen-bond acceptors (Lipinski definition) is 9. The van der Waals surface area contributed by atoms with E-state index in [1.165, 1.54) is 11.8 Å². The van der Waals surface area contributed by atoms with Gasteiger partial charge in [-0.3, -0.25) is 0 Å². The summed E-state index contributed by atoms with van der Waals surface area (Å²) in [6.45, 7) is 8.22. The van der Waals surface area contributed by atoms with Crippen LogP contribution in [-0.4, -0.2) is 63.7 Å². The Kier molecular flexibility index (Phi) is 6.15. The van der Waals surface area contributed by atoms with E-state index in [9.17, 15) is 0 Å². The van der Waals surface area contributed by atoms with Crippen LogP contribution in [0.15, 0.2) is 28.3 Å². The lowest BCUT2D eigenvalue weighted by Crippen LogP contribution is -2.50. The topological polar surface area (TPSA) is 126 Å². The highest BCUT2D eigenvalue weighted by molar-refractivity contribution is 7.99. The molecule has 0 saturated carbocycles. The second-order valence-corrected chi connectivity index (χ2v) is 11.1. The molecule has 5 N–H and O–H groups in total. The van der Waals surface area contributed by atoms with E-state index < -0.39 is 0 Å². The number of benzene rings is 1. The first-order chi connectivity index (χ1) is 17.4. The minimum atomic E-state index is 0.138. The van der Waals surface area contributed by atoms with Crippen molar-refractivity contribution in [3.05, 3.63) is 34.7 Å². The Labute approximate surface area is 219 Å². The minimum Gasteiger partial charge on any atom is -0.355 e. The van der Waals surface area contributed by atoms with Gasteiger partial charge in [-0.15, -0.1) is 0 Å². The summed E-state index contributed by atoms with van der Waals surface area (Å²) < 4.78 is 0. The van der Waals surface area contributed by atoms with E-state index in [-0.39, 0.29) is 6.04 Å². The standard InChI is InChI=1S/C25H30ClN9S/c1-3-18-21(26)20-22(31-18)32-25(33-24(20)34-7-6-15(28)12-34)36-16-4-5-17-19(8-16)29-13(2)30-23(17)35-10-14(9-27)11-35/h4-5,8,14-15H,3,6-7,9-12,27-28H2,1-2H3,(H,31,32,33)/t15-/m0/s1. The molecular weight excluding hydrogens is 494 g/mol. The quantitative estimate of drug-likeness (QED) is 0.325. The third-order valence-corrected chi connectivity index (χ3v) is 8.33. The first kappa shape index (κ1) is 23.7. The largest absolute Gasteiger partial charge is 0.355 e. The number of nitrogens with zero attached hydrogens (tertiary/aromatic N) is 6. The minimum absolute atomic E-state index is 0.138. The smallest absolute Gasteiger partial charge is 0.196 e. The van der Waals surface area contributed by atoms with Gasteiger partial charge in [-0.05, 0) is 56.3 Å². The summed E-state index contributed by atoms with van der Waals surface area (Å²) in [5.41, 5.74) is 14.7. The van der Waals surface area contributed by atoms with Gasteiger partial charge in [0.15, 0.2) is 5.16 Å². The van der Waals surface area contributed by atoms with Crippen LogP contribution in [0.5, 0.6) is 0 Å². The van der Waals surface area contributed by atoms with Crippen molar-refractivity contribution in [3.63, 3.8) is 0 Å². The van der Waals surface area contributed by atoms with E-state index in [0.29, 0.717) is 22.6 Å². The van der Waals surface area contributed by atoms with E-state index >= 15 is 0 Å². The van der Waals surface area contributed by atoms with Gasteiger partial charge in [0, 0.05) is 54.1 Å². The molecule has 9 nitrogen and oxygen atoms in total. The normalized spacial score (nSPS) is 18.5. The Balaban J connectivity index is 1.37. The maximum Gasteiger partial charge on any atom is 0.196 e. The fourth-order valence-corrected chi connectivity index (χ4v) is 6.22. The zero-order chi connectivity index (χ0) is 25.0. The second kappa shape index (κ2) is 9.33. The first-order valence-corrected chi connectivity index (χ1v) is 13.6. The van der Waals surface area contributed by atoms with Gasteiger partial charge in [0.1, 0.15) is 23.1 Å². The average molecular weight is 524 g/mol. The Morgan fingerprint density at radius 2 is 1.94 bits per heavy atom. The monoisotopic (exact) mass is 523 g/mol. The molecule has 2 fully saturated rings. The number of aromatic nitrogens is 5. The molecule has 5 heterocycles. The lowest BCUT2D eigenvalue weighted by atomic mass is 10.00. The molecule has 2 aliphatic rings. The highest BCUT2D eigenvalue weighted by atomic mass is 35.5. The maximum absolute atomic E-state index is 6.74. The SMILES string of the molecule is CCc1[nH]c2nc(Sc3ccc4c(N5CC(CN)C5)nc(C)nc4c3)nc(N3CC[C@H](N)C3)c2c1Cl. The van der Waals surface area contributed by atoms with Crippen LogP contribution in [0.1, 0.15) is 24.9 Å². The molecule has 1 atom stereocenters. The zero-order valence-corrected chi connectivity index (χ0v) is 22.0. The van der Waals surface area contributed by atoms with E-state index in [0.717, 1.165) is 89.0 Å². The van der Waals surface area contributed by atoms with Gasteiger partial charge < -0.3 is 26.3 Å². The number of aromatic amines is 1. The van der Waals surface area contributed by atoms with E-state index in [4.69, 9.17) is 43.0 Å². The zero-order valence-electron chi connectivity index (χ0n) is 20.5. The van der Waals surface area contributed by atoms with Crippen LogP contribution < -0.4 is 21.3 Å². The number of rotatable bonds is 6. The lowest BCUT2D eigenvalue weighted by molar-refractivity contribution is 0.418. The third-order valence-electron chi connectivity index (χ3n) is 7.06. The van der Waals surface area contributed by atoms with Crippen molar-refractivity contribution in [1.29, 1.82) is 0 Å². The van der Waals surface area contributed by atoms with Crippen LogP contribution >= 0.6 is 23.4 Å². The van der Waals surface area contributed by atoms with Gasteiger partial charge in [0.05, 0.1) is 15.9 Å². The molecule has 0 bridgehead atoms. The molecule has 36 heavy (non-hydrogen) atoms. The lowest BCUT2D eigenvalue weighted by Gasteiger charge is -2.40. The van der Waals surface area contributed by atoms with Crippen LogP contribution in [0.25, 0.3) is 21.9 Å². The second-order valence-electron chi connectivity index (χ2n) is 9.70. The fourth-order valence-electron chi connectivity index (χ4n) is 5.08. The van der Waals surface area contributed by atoms with Crippen LogP contribution in [0.4, 0.5) is 11.6 Å². The predicted molar refractivity (Wildman–Crippen MR) is 146 cm³/mol. The average Bonchev–Trinajstić information content (AvgIpc) is 3.40. The molecular formula is C25H30ClN9S. The summed E-state index contributed by atoms with van der Waals surface area (Å²) in [5.74, 6) is 3.13. The summed E-state index contributed by atoms with van der Waals surface area (Å²) in [6, 6.07) is 6.42. The van der Waals surface area contributed by atoms with Gasteiger partial charge in [-0.2, -0.15) is 0 Å². The fraction of sp³-hybridized carbons (Fsp3) is 0.440. The van der Waals surface area contributed by atoms with Gasteiger partial charge in [0.2, 0.25) is 0 Å². The van der Waals surface area contributed by atoms with Crippen molar-refractivity contribution in [2.45, 2.75) is 42.8 Å². The Hall–Kier alpha value is -2.66. The number of nitrogens with one attached hydrogen (secondary N) is 1.